The fourth-order valence-corrected chi connectivity index (χ4v) is 4.38. The van der Waals surface area contributed by atoms with Gasteiger partial charge in [-0.1, -0.05) is 42.5 Å². The summed E-state index contributed by atoms with van der Waals surface area (Å²) in [6, 6.07) is 9.76. The first-order chi connectivity index (χ1) is 11.9. The molecule has 1 N–H and O–H groups in total. The van der Waals surface area contributed by atoms with Gasteiger partial charge >= 0.3 is 6.18 Å². The maximum absolute atomic E-state index is 13.5. The van der Waals surface area contributed by atoms with Crippen LogP contribution in [0.3, 0.4) is 0 Å². The van der Waals surface area contributed by atoms with Crippen molar-refractivity contribution < 1.29 is 13.2 Å². The normalized spacial score (nSPS) is 24.6. The van der Waals surface area contributed by atoms with E-state index in [1.54, 1.807) is 12.1 Å². The van der Waals surface area contributed by atoms with Gasteiger partial charge in [0.15, 0.2) is 0 Å². The Bertz CT molecular complexity index is 851. The summed E-state index contributed by atoms with van der Waals surface area (Å²) in [6.45, 7) is 4.09. The second kappa shape index (κ2) is 5.65. The van der Waals surface area contributed by atoms with E-state index in [1.807, 2.05) is 13.0 Å². The number of rotatable bonds is 1. The van der Waals surface area contributed by atoms with Crippen LogP contribution < -0.4 is 5.32 Å². The van der Waals surface area contributed by atoms with Gasteiger partial charge in [-0.15, -0.1) is 0 Å². The predicted molar refractivity (Wildman–Crippen MR) is 93.7 cm³/mol. The summed E-state index contributed by atoms with van der Waals surface area (Å²) in [4.78, 5) is 0. The van der Waals surface area contributed by atoms with Gasteiger partial charge < -0.3 is 5.32 Å². The molecule has 130 valence electrons. The number of hydrogen-bond donors (Lipinski definition) is 1. The van der Waals surface area contributed by atoms with Gasteiger partial charge in [-0.05, 0) is 54.5 Å². The van der Waals surface area contributed by atoms with Crippen molar-refractivity contribution in [3.05, 3.63) is 76.4 Å². The van der Waals surface area contributed by atoms with Crippen molar-refractivity contribution >= 4 is 5.69 Å². The molecule has 0 fully saturated rings. The molecule has 0 saturated heterocycles. The molecule has 0 amide bonds. The van der Waals surface area contributed by atoms with E-state index in [1.165, 1.54) is 23.3 Å². The Labute approximate surface area is 145 Å². The van der Waals surface area contributed by atoms with Gasteiger partial charge in [-0.3, -0.25) is 0 Å². The molecule has 1 aliphatic heterocycles. The molecule has 4 heteroatoms. The minimum atomic E-state index is -4.35. The number of fused-ring (bicyclic) bond motifs is 3. The third-order valence-corrected chi connectivity index (χ3v) is 5.55. The Balaban J connectivity index is 1.88. The summed E-state index contributed by atoms with van der Waals surface area (Å²) in [5.41, 5.74) is 4.31. The largest absolute Gasteiger partial charge is 0.416 e. The molecule has 0 aromatic heterocycles. The van der Waals surface area contributed by atoms with Crippen LogP contribution in [0.25, 0.3) is 0 Å². The third-order valence-electron chi connectivity index (χ3n) is 5.55. The fourth-order valence-electron chi connectivity index (χ4n) is 4.38. The van der Waals surface area contributed by atoms with Crippen molar-refractivity contribution in [1.82, 2.24) is 0 Å². The van der Waals surface area contributed by atoms with Gasteiger partial charge in [-0.25, -0.2) is 0 Å². The number of nitrogens with one attached hydrogen (secondary N) is 1. The van der Waals surface area contributed by atoms with Crippen LogP contribution in [0.1, 0.15) is 46.2 Å². The first-order valence-electron chi connectivity index (χ1n) is 8.57. The van der Waals surface area contributed by atoms with Crippen LogP contribution in [0, 0.1) is 19.8 Å². The molecule has 25 heavy (non-hydrogen) atoms. The lowest BCUT2D eigenvalue weighted by atomic mass is 9.74. The van der Waals surface area contributed by atoms with Crippen molar-refractivity contribution in [2.75, 3.05) is 5.32 Å². The number of halogens is 3. The molecule has 0 unspecified atom stereocenters. The first-order valence-corrected chi connectivity index (χ1v) is 8.57. The highest BCUT2D eigenvalue weighted by Crippen LogP contribution is 2.53. The van der Waals surface area contributed by atoms with E-state index >= 15 is 0 Å². The molecular formula is C21H20F3N. The first kappa shape index (κ1) is 16.2. The summed E-state index contributed by atoms with van der Waals surface area (Å²) < 4.78 is 40.6. The van der Waals surface area contributed by atoms with Crippen LogP contribution in [-0.4, -0.2) is 0 Å². The lowest BCUT2D eigenvalue weighted by Crippen LogP contribution is -2.31. The Morgan fingerprint density at radius 2 is 1.72 bits per heavy atom. The van der Waals surface area contributed by atoms with Gasteiger partial charge in [0.25, 0.3) is 0 Å². The predicted octanol–water partition coefficient (Wildman–Crippen LogP) is 6.15. The van der Waals surface area contributed by atoms with Crippen LogP contribution in [0.4, 0.5) is 18.9 Å². The van der Waals surface area contributed by atoms with E-state index in [9.17, 15) is 13.2 Å². The average molecular weight is 343 g/mol. The Hall–Kier alpha value is -2.23. The number of benzene rings is 2. The Kier molecular flexibility index (Phi) is 3.67. The molecule has 2 aliphatic rings. The van der Waals surface area contributed by atoms with Crippen LogP contribution in [0.15, 0.2) is 48.6 Å². The maximum atomic E-state index is 13.5. The molecule has 0 saturated carbocycles. The van der Waals surface area contributed by atoms with E-state index in [-0.39, 0.29) is 17.9 Å². The summed E-state index contributed by atoms with van der Waals surface area (Å²) in [6.07, 6.45) is 0.722. The molecule has 1 nitrogen and oxygen atoms in total. The van der Waals surface area contributed by atoms with Crippen molar-refractivity contribution in [3.63, 3.8) is 0 Å². The monoisotopic (exact) mass is 343 g/mol. The van der Waals surface area contributed by atoms with E-state index in [0.29, 0.717) is 5.56 Å². The molecule has 0 bridgehead atoms. The molecule has 0 radical (unpaired) electrons. The second-order valence-electron chi connectivity index (χ2n) is 7.05. The molecule has 3 atom stereocenters. The zero-order chi connectivity index (χ0) is 17.8. The highest BCUT2D eigenvalue weighted by atomic mass is 19.4. The molecule has 2 aromatic rings. The Morgan fingerprint density at radius 3 is 2.48 bits per heavy atom. The quantitative estimate of drug-likeness (QED) is 0.613. The van der Waals surface area contributed by atoms with Crippen LogP contribution in [-0.2, 0) is 6.18 Å². The van der Waals surface area contributed by atoms with Crippen LogP contribution >= 0.6 is 0 Å². The molecule has 1 aliphatic carbocycles. The average Bonchev–Trinajstić information content (AvgIpc) is 3.06. The second-order valence-corrected chi connectivity index (χ2v) is 7.05. The van der Waals surface area contributed by atoms with Crippen molar-refractivity contribution in [2.24, 2.45) is 5.92 Å². The maximum Gasteiger partial charge on any atom is 0.416 e. The molecular weight excluding hydrogens is 323 g/mol. The summed E-state index contributed by atoms with van der Waals surface area (Å²) in [7, 11) is 0. The molecule has 4 rings (SSSR count). The van der Waals surface area contributed by atoms with Crippen molar-refractivity contribution in [3.8, 4) is 0 Å². The topological polar surface area (TPSA) is 12.0 Å². The zero-order valence-corrected chi connectivity index (χ0v) is 14.2. The fraction of sp³-hybridized carbons (Fsp3) is 0.333. The molecule has 1 heterocycles. The van der Waals surface area contributed by atoms with E-state index in [2.05, 4.69) is 30.5 Å². The van der Waals surface area contributed by atoms with Crippen LogP contribution in [0.5, 0.6) is 0 Å². The number of alkyl halides is 3. The van der Waals surface area contributed by atoms with Gasteiger partial charge in [0.1, 0.15) is 0 Å². The smallest absolute Gasteiger partial charge is 0.377 e. The van der Waals surface area contributed by atoms with Crippen molar-refractivity contribution in [1.29, 1.82) is 0 Å². The van der Waals surface area contributed by atoms with Gasteiger partial charge in [0.2, 0.25) is 0 Å². The highest BCUT2D eigenvalue weighted by molar-refractivity contribution is 5.66. The standard InChI is InChI=1S/C21H20F3N/c1-12-10-11-13(2)19-18(12)14-7-5-8-15(14)20(25-19)16-6-3-4-9-17(16)21(22,23)24/h3-7,9-11,14-15,20,25H,8H2,1-2H3/t14-,15-,20+/m1/s1. The Morgan fingerprint density at radius 1 is 1.00 bits per heavy atom. The highest BCUT2D eigenvalue weighted by Gasteiger charge is 2.43. The SMILES string of the molecule is Cc1ccc(C)c2c1N[C@H](c1ccccc1C(F)(F)F)[C@@H]1CC=C[C@@H]21. The lowest BCUT2D eigenvalue weighted by molar-refractivity contribution is -0.138. The molecule has 2 aromatic carbocycles. The minimum Gasteiger partial charge on any atom is -0.377 e. The van der Waals surface area contributed by atoms with E-state index in [4.69, 9.17) is 0 Å². The third kappa shape index (κ3) is 2.55. The number of anilines is 1. The number of allylic oxidation sites excluding steroid dienone is 2. The van der Waals surface area contributed by atoms with Crippen molar-refractivity contribution in [2.45, 2.75) is 38.4 Å². The van der Waals surface area contributed by atoms with Gasteiger partial charge in [0, 0.05) is 11.6 Å². The van der Waals surface area contributed by atoms with Gasteiger partial charge in [0.05, 0.1) is 11.6 Å². The summed E-state index contributed by atoms with van der Waals surface area (Å²) in [5.74, 6) is 0.277. The van der Waals surface area contributed by atoms with E-state index in [0.717, 1.165) is 17.7 Å². The summed E-state index contributed by atoms with van der Waals surface area (Å²) >= 11 is 0. The van der Waals surface area contributed by atoms with Crippen LogP contribution in [0.2, 0.25) is 0 Å². The summed E-state index contributed by atoms with van der Waals surface area (Å²) in [5, 5.41) is 3.47. The number of aryl methyl sites for hydroxylation is 2. The van der Waals surface area contributed by atoms with Gasteiger partial charge in [-0.2, -0.15) is 13.2 Å². The minimum absolute atomic E-state index is 0.108. The lowest BCUT2D eigenvalue weighted by Gasteiger charge is -2.40. The zero-order valence-electron chi connectivity index (χ0n) is 14.2. The molecule has 0 spiro atoms. The van der Waals surface area contributed by atoms with E-state index < -0.39 is 11.7 Å². The number of hydrogen-bond acceptors (Lipinski definition) is 1.